The van der Waals surface area contributed by atoms with Gasteiger partial charge in [-0.05, 0) is 26.2 Å². The summed E-state index contributed by atoms with van der Waals surface area (Å²) < 4.78 is 5.99. The number of aromatic nitrogens is 1. The summed E-state index contributed by atoms with van der Waals surface area (Å²) >= 11 is 1.46. The molecule has 1 aromatic heterocycles. The van der Waals surface area contributed by atoms with Gasteiger partial charge in [0.1, 0.15) is 10.7 Å². The number of carbonyl (C=O) groups excluding carboxylic acids is 1. The van der Waals surface area contributed by atoms with Gasteiger partial charge in [-0.15, -0.1) is 23.7 Å². The Labute approximate surface area is 154 Å². The standard InChI is InChI=1S/C17H27N3O2S.ClH/c1-3-22-14-9-13(17(14)7-5-4-6-8-17)20(2)16(21)12-11-23-15(10-18)19-12;/h11,13-14H,3-10,18H2,1-2H3;1H. The number of thiazole rings is 1. The molecule has 2 aliphatic rings. The summed E-state index contributed by atoms with van der Waals surface area (Å²) in [6.45, 7) is 3.20. The van der Waals surface area contributed by atoms with E-state index >= 15 is 0 Å². The van der Waals surface area contributed by atoms with Gasteiger partial charge < -0.3 is 15.4 Å². The first kappa shape index (κ1) is 19.6. The molecule has 7 heteroatoms. The number of ether oxygens (including phenoxy) is 1. The Bertz CT molecular complexity index is 560. The van der Waals surface area contributed by atoms with Gasteiger partial charge in [0.15, 0.2) is 0 Å². The molecule has 1 amide bonds. The van der Waals surface area contributed by atoms with Crippen molar-refractivity contribution in [2.24, 2.45) is 11.1 Å². The summed E-state index contributed by atoms with van der Waals surface area (Å²) in [7, 11) is 1.92. The fraction of sp³-hybridized carbons (Fsp3) is 0.765. The normalized spacial score (nSPS) is 25.0. The van der Waals surface area contributed by atoms with E-state index in [2.05, 4.69) is 11.9 Å². The Hall–Kier alpha value is -0.690. The molecule has 2 saturated carbocycles. The lowest BCUT2D eigenvalue weighted by Gasteiger charge is -2.60. The van der Waals surface area contributed by atoms with Crippen LogP contribution in [0.1, 0.15) is 60.9 Å². The molecule has 5 nitrogen and oxygen atoms in total. The van der Waals surface area contributed by atoms with E-state index in [9.17, 15) is 4.79 Å². The van der Waals surface area contributed by atoms with E-state index in [4.69, 9.17) is 10.5 Å². The maximum Gasteiger partial charge on any atom is 0.273 e. The highest BCUT2D eigenvalue weighted by atomic mass is 35.5. The molecular formula is C17H28ClN3O2S. The van der Waals surface area contributed by atoms with E-state index in [1.54, 1.807) is 0 Å². The minimum Gasteiger partial charge on any atom is -0.378 e. The molecule has 2 N–H and O–H groups in total. The molecule has 0 aliphatic heterocycles. The number of hydrogen-bond donors (Lipinski definition) is 1. The monoisotopic (exact) mass is 373 g/mol. The Morgan fingerprint density at radius 1 is 1.46 bits per heavy atom. The van der Waals surface area contributed by atoms with Gasteiger partial charge in [0.25, 0.3) is 5.91 Å². The van der Waals surface area contributed by atoms with E-state index in [1.807, 2.05) is 17.3 Å². The maximum absolute atomic E-state index is 12.8. The summed E-state index contributed by atoms with van der Waals surface area (Å²) in [5.41, 5.74) is 6.30. The molecule has 3 rings (SSSR count). The Kier molecular flexibility index (Phi) is 6.65. The van der Waals surface area contributed by atoms with Crippen molar-refractivity contribution >= 4 is 29.7 Å². The number of halogens is 1. The van der Waals surface area contributed by atoms with Crippen LogP contribution in [0.5, 0.6) is 0 Å². The van der Waals surface area contributed by atoms with Gasteiger partial charge in [0.05, 0.1) is 6.10 Å². The second kappa shape index (κ2) is 8.13. The van der Waals surface area contributed by atoms with Gasteiger partial charge in [0, 0.05) is 37.0 Å². The van der Waals surface area contributed by atoms with Gasteiger partial charge in [-0.25, -0.2) is 4.98 Å². The van der Waals surface area contributed by atoms with Gasteiger partial charge in [-0.2, -0.15) is 0 Å². The van der Waals surface area contributed by atoms with Gasteiger partial charge >= 0.3 is 0 Å². The van der Waals surface area contributed by atoms with Crippen LogP contribution in [-0.4, -0.2) is 41.6 Å². The fourth-order valence-corrected chi connectivity index (χ4v) is 5.04. The van der Waals surface area contributed by atoms with Crippen molar-refractivity contribution in [3.05, 3.63) is 16.1 Å². The van der Waals surface area contributed by atoms with Crippen LogP contribution >= 0.6 is 23.7 Å². The molecule has 2 aliphatic carbocycles. The molecular weight excluding hydrogens is 346 g/mol. The maximum atomic E-state index is 12.8. The van der Waals surface area contributed by atoms with E-state index in [0.29, 0.717) is 18.3 Å². The molecule has 1 heterocycles. The van der Waals surface area contributed by atoms with Crippen LogP contribution in [0.2, 0.25) is 0 Å². The van der Waals surface area contributed by atoms with Crippen LogP contribution in [-0.2, 0) is 11.3 Å². The van der Waals surface area contributed by atoms with Crippen molar-refractivity contribution in [1.82, 2.24) is 9.88 Å². The quantitative estimate of drug-likeness (QED) is 0.860. The zero-order valence-electron chi connectivity index (χ0n) is 14.5. The van der Waals surface area contributed by atoms with Crippen molar-refractivity contribution in [3.8, 4) is 0 Å². The molecule has 24 heavy (non-hydrogen) atoms. The third-order valence-electron chi connectivity index (χ3n) is 5.63. The molecule has 2 unspecified atom stereocenters. The highest BCUT2D eigenvalue weighted by molar-refractivity contribution is 7.09. The summed E-state index contributed by atoms with van der Waals surface area (Å²) in [6, 6.07) is 0.273. The number of carbonyl (C=O) groups is 1. The average Bonchev–Trinajstić information content (AvgIpc) is 3.07. The summed E-state index contributed by atoms with van der Waals surface area (Å²) in [5, 5.41) is 2.64. The van der Waals surface area contributed by atoms with E-state index < -0.39 is 0 Å². The zero-order chi connectivity index (χ0) is 16.4. The van der Waals surface area contributed by atoms with Gasteiger partial charge in [-0.3, -0.25) is 4.79 Å². The van der Waals surface area contributed by atoms with Crippen LogP contribution in [0.15, 0.2) is 5.38 Å². The Balaban J connectivity index is 0.00000208. The van der Waals surface area contributed by atoms with Crippen LogP contribution in [0.25, 0.3) is 0 Å². The van der Waals surface area contributed by atoms with Crippen molar-refractivity contribution < 1.29 is 9.53 Å². The van der Waals surface area contributed by atoms with E-state index in [-0.39, 0.29) is 29.8 Å². The highest BCUT2D eigenvalue weighted by Gasteiger charge is 2.57. The van der Waals surface area contributed by atoms with Crippen LogP contribution < -0.4 is 5.73 Å². The van der Waals surface area contributed by atoms with Crippen molar-refractivity contribution in [3.63, 3.8) is 0 Å². The Morgan fingerprint density at radius 3 is 2.75 bits per heavy atom. The number of nitrogens with zero attached hydrogens (tertiary/aromatic N) is 2. The molecule has 1 aromatic rings. The van der Waals surface area contributed by atoms with Gasteiger partial charge in [0.2, 0.25) is 0 Å². The van der Waals surface area contributed by atoms with Crippen LogP contribution in [0.4, 0.5) is 0 Å². The minimum absolute atomic E-state index is 0. The smallest absolute Gasteiger partial charge is 0.273 e. The number of hydrogen-bond acceptors (Lipinski definition) is 5. The molecule has 1 spiro atoms. The second-order valence-corrected chi connectivity index (χ2v) is 7.68. The van der Waals surface area contributed by atoms with Crippen LogP contribution in [0.3, 0.4) is 0 Å². The van der Waals surface area contributed by atoms with E-state index in [1.165, 1.54) is 43.4 Å². The Morgan fingerprint density at radius 2 is 2.17 bits per heavy atom. The van der Waals surface area contributed by atoms with E-state index in [0.717, 1.165) is 18.0 Å². The molecule has 136 valence electrons. The third-order valence-corrected chi connectivity index (χ3v) is 6.50. The average molecular weight is 374 g/mol. The van der Waals surface area contributed by atoms with Crippen LogP contribution in [0, 0.1) is 5.41 Å². The fourth-order valence-electron chi connectivity index (χ4n) is 4.40. The molecule has 2 atom stereocenters. The first-order chi connectivity index (χ1) is 11.1. The van der Waals surface area contributed by atoms with Crippen molar-refractivity contribution in [2.75, 3.05) is 13.7 Å². The topological polar surface area (TPSA) is 68.5 Å². The lowest BCUT2D eigenvalue weighted by Crippen LogP contribution is -2.65. The van der Waals surface area contributed by atoms with Crippen molar-refractivity contribution in [1.29, 1.82) is 0 Å². The summed E-state index contributed by atoms with van der Waals surface area (Å²) in [5.74, 6) is 0.0193. The third kappa shape index (κ3) is 3.34. The lowest BCUT2D eigenvalue weighted by atomic mass is 9.54. The first-order valence-electron chi connectivity index (χ1n) is 8.65. The number of rotatable bonds is 5. The minimum atomic E-state index is 0. The largest absolute Gasteiger partial charge is 0.378 e. The first-order valence-corrected chi connectivity index (χ1v) is 9.53. The molecule has 0 aromatic carbocycles. The number of nitrogens with two attached hydrogens (primary N) is 1. The summed E-state index contributed by atoms with van der Waals surface area (Å²) in [6.07, 6.45) is 7.39. The molecule has 0 bridgehead atoms. The second-order valence-electron chi connectivity index (χ2n) is 6.74. The predicted molar refractivity (Wildman–Crippen MR) is 98.7 cm³/mol. The highest BCUT2D eigenvalue weighted by Crippen LogP contribution is 2.55. The summed E-state index contributed by atoms with van der Waals surface area (Å²) in [4.78, 5) is 19.1. The van der Waals surface area contributed by atoms with Crippen molar-refractivity contribution in [2.45, 2.75) is 64.1 Å². The zero-order valence-corrected chi connectivity index (χ0v) is 16.1. The molecule has 0 radical (unpaired) electrons. The SMILES string of the molecule is CCOC1CC(N(C)C(=O)c2csc(CN)n2)C12CCCCC2.Cl. The lowest BCUT2D eigenvalue weighted by molar-refractivity contribution is -0.170. The molecule has 0 saturated heterocycles. The predicted octanol–water partition coefficient (Wildman–Crippen LogP) is 3.22. The van der Waals surface area contributed by atoms with Gasteiger partial charge in [-0.1, -0.05) is 19.3 Å². The molecule has 2 fully saturated rings. The number of amides is 1.